The lowest BCUT2D eigenvalue weighted by Gasteiger charge is -2.34. The van der Waals surface area contributed by atoms with Crippen molar-refractivity contribution in [3.8, 4) is 0 Å². The average molecular weight is 369 g/mol. The molecule has 25 heavy (non-hydrogen) atoms. The normalized spacial score (nSPS) is 17.1. The van der Waals surface area contributed by atoms with E-state index >= 15 is 0 Å². The van der Waals surface area contributed by atoms with Gasteiger partial charge in [-0.25, -0.2) is 4.79 Å². The molecule has 0 N–H and O–H groups in total. The molecule has 1 amide bonds. The number of methoxy groups -OCH3 is 1. The number of hydrogen-bond acceptors (Lipinski definition) is 4. The molecule has 0 spiro atoms. The SMILES string of the molecule is COC(=O)C1c2ccsc2CCN1C(=O)c1ccc(C(F)(F)F)cc1. The zero-order valence-electron chi connectivity index (χ0n) is 13.2. The summed E-state index contributed by atoms with van der Waals surface area (Å²) in [5, 5.41) is 1.84. The van der Waals surface area contributed by atoms with Crippen LogP contribution in [0.1, 0.15) is 32.4 Å². The van der Waals surface area contributed by atoms with Gasteiger partial charge in [-0.05, 0) is 47.7 Å². The van der Waals surface area contributed by atoms with Crippen LogP contribution in [0.5, 0.6) is 0 Å². The van der Waals surface area contributed by atoms with Gasteiger partial charge in [0.25, 0.3) is 5.91 Å². The Labute approximate surface area is 145 Å². The van der Waals surface area contributed by atoms with E-state index in [0.29, 0.717) is 18.5 Å². The Morgan fingerprint density at radius 2 is 1.88 bits per heavy atom. The molecular formula is C17H14F3NO3S. The van der Waals surface area contributed by atoms with Crippen LogP contribution in [-0.2, 0) is 22.1 Å². The second kappa shape index (κ2) is 6.51. The molecular weight excluding hydrogens is 355 g/mol. The van der Waals surface area contributed by atoms with Crippen molar-refractivity contribution >= 4 is 23.2 Å². The van der Waals surface area contributed by atoms with Crippen LogP contribution < -0.4 is 0 Å². The molecule has 1 atom stereocenters. The first kappa shape index (κ1) is 17.5. The molecule has 3 rings (SSSR count). The third-order valence-corrected chi connectivity index (χ3v) is 5.11. The van der Waals surface area contributed by atoms with Gasteiger partial charge in [0, 0.05) is 17.0 Å². The van der Waals surface area contributed by atoms with Crippen LogP contribution in [0.2, 0.25) is 0 Å². The van der Waals surface area contributed by atoms with Gasteiger partial charge in [-0.3, -0.25) is 4.79 Å². The molecule has 1 aliphatic heterocycles. The number of amides is 1. The second-order valence-electron chi connectivity index (χ2n) is 5.55. The Morgan fingerprint density at radius 1 is 1.20 bits per heavy atom. The number of benzene rings is 1. The van der Waals surface area contributed by atoms with Crippen molar-refractivity contribution in [2.24, 2.45) is 0 Å². The Bertz CT molecular complexity index is 798. The smallest absolute Gasteiger partial charge is 0.416 e. The molecule has 0 saturated carbocycles. The van der Waals surface area contributed by atoms with E-state index in [4.69, 9.17) is 4.74 Å². The maximum absolute atomic E-state index is 12.8. The number of carbonyl (C=O) groups is 2. The van der Waals surface area contributed by atoms with Crippen LogP contribution in [0.15, 0.2) is 35.7 Å². The number of thiophene rings is 1. The molecule has 8 heteroatoms. The summed E-state index contributed by atoms with van der Waals surface area (Å²) in [4.78, 5) is 27.3. The van der Waals surface area contributed by atoms with Gasteiger partial charge in [0.15, 0.2) is 6.04 Å². The molecule has 1 aliphatic rings. The van der Waals surface area contributed by atoms with Crippen LogP contribution >= 0.6 is 11.3 Å². The number of ether oxygens (including phenoxy) is 1. The van der Waals surface area contributed by atoms with Crippen molar-refractivity contribution in [1.29, 1.82) is 0 Å². The monoisotopic (exact) mass is 369 g/mol. The third-order valence-electron chi connectivity index (χ3n) is 4.11. The summed E-state index contributed by atoms with van der Waals surface area (Å²) >= 11 is 1.50. The molecule has 2 heterocycles. The lowest BCUT2D eigenvalue weighted by Crippen LogP contribution is -2.43. The fourth-order valence-corrected chi connectivity index (χ4v) is 3.77. The summed E-state index contributed by atoms with van der Waals surface area (Å²) in [5.74, 6) is -1.07. The van der Waals surface area contributed by atoms with Gasteiger partial charge in [-0.1, -0.05) is 0 Å². The zero-order chi connectivity index (χ0) is 18.2. The highest BCUT2D eigenvalue weighted by Gasteiger charge is 2.38. The first-order chi connectivity index (χ1) is 11.8. The van der Waals surface area contributed by atoms with Crippen molar-refractivity contribution < 1.29 is 27.5 Å². The van der Waals surface area contributed by atoms with E-state index < -0.39 is 29.7 Å². The highest BCUT2D eigenvalue weighted by Crippen LogP contribution is 2.35. The summed E-state index contributed by atoms with van der Waals surface area (Å²) in [6, 6.07) is 4.87. The maximum atomic E-state index is 12.8. The molecule has 2 aromatic rings. The van der Waals surface area contributed by atoms with Gasteiger partial charge < -0.3 is 9.64 Å². The number of fused-ring (bicyclic) bond motifs is 1. The molecule has 1 aromatic carbocycles. The second-order valence-corrected chi connectivity index (χ2v) is 6.55. The topological polar surface area (TPSA) is 46.6 Å². The van der Waals surface area contributed by atoms with Crippen LogP contribution in [0.25, 0.3) is 0 Å². The summed E-state index contributed by atoms with van der Waals surface area (Å²) in [5.41, 5.74) is -0.0173. The fraction of sp³-hybridized carbons (Fsp3) is 0.294. The van der Waals surface area contributed by atoms with Gasteiger partial charge in [-0.15, -0.1) is 11.3 Å². The first-order valence-corrected chi connectivity index (χ1v) is 8.33. The lowest BCUT2D eigenvalue weighted by molar-refractivity contribution is -0.146. The number of halogens is 3. The number of hydrogen-bond donors (Lipinski definition) is 0. The van der Waals surface area contributed by atoms with Crippen molar-refractivity contribution in [2.75, 3.05) is 13.7 Å². The molecule has 1 aromatic heterocycles. The van der Waals surface area contributed by atoms with Gasteiger partial charge in [0.05, 0.1) is 12.7 Å². The minimum atomic E-state index is -4.47. The Morgan fingerprint density at radius 3 is 2.48 bits per heavy atom. The van der Waals surface area contributed by atoms with Crippen molar-refractivity contribution in [3.05, 3.63) is 57.3 Å². The van der Waals surface area contributed by atoms with E-state index in [1.807, 2.05) is 5.38 Å². The number of nitrogens with zero attached hydrogens (tertiary/aromatic N) is 1. The number of esters is 1. The van der Waals surface area contributed by atoms with Crippen molar-refractivity contribution in [1.82, 2.24) is 4.90 Å². The zero-order valence-corrected chi connectivity index (χ0v) is 14.0. The van der Waals surface area contributed by atoms with E-state index in [1.54, 1.807) is 6.07 Å². The van der Waals surface area contributed by atoms with Crippen molar-refractivity contribution in [2.45, 2.75) is 18.6 Å². The molecule has 0 radical (unpaired) electrons. The van der Waals surface area contributed by atoms with E-state index in [0.717, 1.165) is 29.1 Å². The molecule has 0 bridgehead atoms. The molecule has 132 valence electrons. The number of rotatable bonds is 2. The Balaban J connectivity index is 1.92. The van der Waals surface area contributed by atoms with E-state index in [2.05, 4.69) is 0 Å². The van der Waals surface area contributed by atoms with Crippen LogP contribution in [0, 0.1) is 0 Å². The van der Waals surface area contributed by atoms with Crippen LogP contribution in [0.4, 0.5) is 13.2 Å². The fourth-order valence-electron chi connectivity index (χ4n) is 2.87. The predicted octanol–water partition coefficient (Wildman–Crippen LogP) is 3.68. The van der Waals surface area contributed by atoms with Crippen LogP contribution in [0.3, 0.4) is 0 Å². The van der Waals surface area contributed by atoms with Crippen molar-refractivity contribution in [3.63, 3.8) is 0 Å². The lowest BCUT2D eigenvalue weighted by atomic mass is 9.98. The third kappa shape index (κ3) is 3.26. The molecule has 0 aliphatic carbocycles. The van der Waals surface area contributed by atoms with E-state index in [-0.39, 0.29) is 5.56 Å². The number of carbonyl (C=O) groups excluding carboxylic acids is 2. The number of alkyl halides is 3. The average Bonchev–Trinajstić information content (AvgIpc) is 3.07. The predicted molar refractivity (Wildman–Crippen MR) is 85.3 cm³/mol. The quantitative estimate of drug-likeness (QED) is 0.759. The Kier molecular flexibility index (Phi) is 4.55. The highest BCUT2D eigenvalue weighted by atomic mass is 32.1. The molecule has 1 unspecified atom stereocenters. The standard InChI is InChI=1S/C17H14F3NO3S/c1-24-16(23)14-12-7-9-25-13(12)6-8-21(14)15(22)10-2-4-11(5-3-10)17(18,19)20/h2-5,7,9,14H,6,8H2,1H3. The minimum Gasteiger partial charge on any atom is -0.467 e. The van der Waals surface area contributed by atoms with Gasteiger partial charge >= 0.3 is 12.1 Å². The van der Waals surface area contributed by atoms with E-state index in [9.17, 15) is 22.8 Å². The van der Waals surface area contributed by atoms with Gasteiger partial charge in [0.1, 0.15) is 0 Å². The molecule has 0 fully saturated rings. The van der Waals surface area contributed by atoms with E-state index in [1.165, 1.54) is 23.3 Å². The largest absolute Gasteiger partial charge is 0.467 e. The Hall–Kier alpha value is -2.35. The highest BCUT2D eigenvalue weighted by molar-refractivity contribution is 7.10. The maximum Gasteiger partial charge on any atom is 0.416 e. The van der Waals surface area contributed by atoms with Gasteiger partial charge in [-0.2, -0.15) is 13.2 Å². The summed E-state index contributed by atoms with van der Waals surface area (Å²) in [6.45, 7) is 0.299. The van der Waals surface area contributed by atoms with Crippen LogP contribution in [-0.4, -0.2) is 30.4 Å². The first-order valence-electron chi connectivity index (χ1n) is 7.45. The minimum absolute atomic E-state index is 0.0978. The summed E-state index contributed by atoms with van der Waals surface area (Å²) < 4.78 is 42.8. The molecule has 4 nitrogen and oxygen atoms in total. The summed E-state index contributed by atoms with van der Waals surface area (Å²) in [7, 11) is 1.24. The molecule has 0 saturated heterocycles. The van der Waals surface area contributed by atoms with Gasteiger partial charge in [0.2, 0.25) is 0 Å². The summed E-state index contributed by atoms with van der Waals surface area (Å²) in [6.07, 6.45) is -3.88.